The molecular formula is C11H18ClN3O2S. The average Bonchev–Trinajstić information content (AvgIpc) is 2.70. The van der Waals surface area contributed by atoms with Gasteiger partial charge in [-0.1, -0.05) is 30.9 Å². The maximum atomic E-state index is 12.0. The van der Waals surface area contributed by atoms with Gasteiger partial charge >= 0.3 is 0 Å². The fourth-order valence-corrected chi connectivity index (χ4v) is 3.80. The number of halogens is 1. The van der Waals surface area contributed by atoms with E-state index in [4.69, 9.17) is 11.6 Å². The van der Waals surface area contributed by atoms with Crippen molar-refractivity contribution in [2.45, 2.75) is 37.1 Å². The molecule has 1 aliphatic rings. The van der Waals surface area contributed by atoms with Crippen molar-refractivity contribution in [3.05, 3.63) is 11.5 Å². The minimum absolute atomic E-state index is 0.0810. The molecule has 1 aliphatic carbocycles. The highest BCUT2D eigenvalue weighted by Gasteiger charge is 2.23. The second kappa shape index (κ2) is 5.59. The Morgan fingerprint density at radius 2 is 2.11 bits per heavy atom. The quantitative estimate of drug-likeness (QED) is 0.922. The number of hydrogen-bond donors (Lipinski definition) is 1. The Morgan fingerprint density at radius 3 is 2.67 bits per heavy atom. The standard InChI is InChI=1S/C11H18ClN3O2S/c1-15-8-13-11(10(15)12)18(16,17)14-7-9-5-3-2-4-6-9/h8-9,14H,2-7H2,1H3. The van der Waals surface area contributed by atoms with Crippen molar-refractivity contribution in [3.63, 3.8) is 0 Å². The molecule has 0 aliphatic heterocycles. The van der Waals surface area contributed by atoms with E-state index in [0.717, 1.165) is 12.8 Å². The van der Waals surface area contributed by atoms with Crippen LogP contribution in [-0.2, 0) is 17.1 Å². The van der Waals surface area contributed by atoms with Crippen LogP contribution in [0.25, 0.3) is 0 Å². The third-order valence-electron chi connectivity index (χ3n) is 3.38. The lowest BCUT2D eigenvalue weighted by molar-refractivity contribution is 0.357. The maximum Gasteiger partial charge on any atom is 0.261 e. The van der Waals surface area contributed by atoms with Crippen LogP contribution < -0.4 is 4.72 Å². The average molecular weight is 292 g/mol. The lowest BCUT2D eigenvalue weighted by atomic mass is 9.90. The van der Waals surface area contributed by atoms with E-state index in [1.165, 1.54) is 30.2 Å². The molecule has 0 amide bonds. The smallest absolute Gasteiger partial charge is 0.261 e. The number of sulfonamides is 1. The summed E-state index contributed by atoms with van der Waals surface area (Å²) < 4.78 is 28.2. The molecule has 1 heterocycles. The molecule has 2 rings (SSSR count). The zero-order chi connectivity index (χ0) is 13.2. The maximum absolute atomic E-state index is 12.0. The molecule has 0 radical (unpaired) electrons. The zero-order valence-electron chi connectivity index (χ0n) is 10.4. The van der Waals surface area contributed by atoms with Gasteiger partial charge in [0, 0.05) is 13.6 Å². The molecule has 0 saturated heterocycles. The summed E-state index contributed by atoms with van der Waals surface area (Å²) in [5.74, 6) is 0.441. The van der Waals surface area contributed by atoms with Crippen LogP contribution in [0.2, 0.25) is 5.15 Å². The third-order valence-corrected chi connectivity index (χ3v) is 5.29. The van der Waals surface area contributed by atoms with Crippen molar-refractivity contribution in [1.82, 2.24) is 14.3 Å². The Morgan fingerprint density at radius 1 is 1.44 bits per heavy atom. The summed E-state index contributed by atoms with van der Waals surface area (Å²) in [5, 5.41) is 0.0635. The zero-order valence-corrected chi connectivity index (χ0v) is 12.0. The van der Waals surface area contributed by atoms with Gasteiger partial charge in [-0.15, -0.1) is 0 Å². The molecule has 1 aromatic rings. The fraction of sp³-hybridized carbons (Fsp3) is 0.727. The van der Waals surface area contributed by atoms with E-state index in [1.807, 2.05) is 0 Å². The van der Waals surface area contributed by atoms with Gasteiger partial charge in [-0.2, -0.15) is 0 Å². The molecule has 1 N–H and O–H groups in total. The van der Waals surface area contributed by atoms with Gasteiger partial charge in [-0.05, 0) is 18.8 Å². The first-order valence-corrected chi connectivity index (χ1v) is 8.03. The van der Waals surface area contributed by atoms with Gasteiger partial charge in [0.05, 0.1) is 6.33 Å². The van der Waals surface area contributed by atoms with Crippen LogP contribution in [-0.4, -0.2) is 24.5 Å². The van der Waals surface area contributed by atoms with Crippen LogP contribution in [0.1, 0.15) is 32.1 Å². The number of nitrogens with one attached hydrogen (secondary N) is 1. The summed E-state index contributed by atoms with van der Waals surface area (Å²) in [5.41, 5.74) is 0. The molecule has 1 aromatic heterocycles. The van der Waals surface area contributed by atoms with Gasteiger partial charge in [0.1, 0.15) is 5.15 Å². The van der Waals surface area contributed by atoms with E-state index >= 15 is 0 Å². The van der Waals surface area contributed by atoms with Crippen molar-refractivity contribution in [2.24, 2.45) is 13.0 Å². The van der Waals surface area contributed by atoms with Crippen molar-refractivity contribution in [1.29, 1.82) is 0 Å². The first kappa shape index (κ1) is 13.8. The Kier molecular flexibility index (Phi) is 4.29. The van der Waals surface area contributed by atoms with Crippen molar-refractivity contribution in [2.75, 3.05) is 6.54 Å². The number of nitrogens with zero attached hydrogens (tertiary/aromatic N) is 2. The van der Waals surface area contributed by atoms with E-state index in [0.29, 0.717) is 12.5 Å². The van der Waals surface area contributed by atoms with E-state index < -0.39 is 10.0 Å². The Bertz CT molecular complexity index is 506. The monoisotopic (exact) mass is 291 g/mol. The predicted molar refractivity (Wildman–Crippen MR) is 70.0 cm³/mol. The molecule has 0 spiro atoms. The molecular weight excluding hydrogens is 274 g/mol. The van der Waals surface area contributed by atoms with Crippen molar-refractivity contribution in [3.8, 4) is 0 Å². The molecule has 0 atom stereocenters. The second-order valence-corrected chi connectivity index (χ2v) is 6.85. The summed E-state index contributed by atoms with van der Waals surface area (Å²) in [6, 6.07) is 0. The lowest BCUT2D eigenvalue weighted by Crippen LogP contribution is -2.30. The first-order valence-electron chi connectivity index (χ1n) is 6.17. The van der Waals surface area contributed by atoms with Gasteiger partial charge in [0.25, 0.3) is 10.0 Å². The Balaban J connectivity index is 2.01. The highest BCUT2D eigenvalue weighted by atomic mass is 35.5. The Hall–Kier alpha value is -0.590. The molecule has 1 saturated carbocycles. The minimum atomic E-state index is -3.58. The summed E-state index contributed by atoms with van der Waals surface area (Å²) in [4.78, 5) is 3.83. The normalized spacial score (nSPS) is 18.1. The molecule has 5 nitrogen and oxygen atoms in total. The topological polar surface area (TPSA) is 64.0 Å². The highest BCUT2D eigenvalue weighted by Crippen LogP contribution is 2.24. The summed E-state index contributed by atoms with van der Waals surface area (Å²) in [6.45, 7) is 0.481. The SMILES string of the molecule is Cn1cnc(S(=O)(=O)NCC2CCCCC2)c1Cl. The first-order chi connectivity index (χ1) is 8.50. The fourth-order valence-electron chi connectivity index (χ4n) is 2.26. The van der Waals surface area contributed by atoms with Crippen LogP contribution in [0.5, 0.6) is 0 Å². The largest absolute Gasteiger partial charge is 0.324 e. The van der Waals surface area contributed by atoms with Crippen molar-refractivity contribution < 1.29 is 8.42 Å². The van der Waals surface area contributed by atoms with E-state index in [2.05, 4.69) is 9.71 Å². The molecule has 102 valence electrons. The third kappa shape index (κ3) is 3.05. The summed E-state index contributed by atoms with van der Waals surface area (Å²) in [6.07, 6.45) is 7.23. The lowest BCUT2D eigenvalue weighted by Gasteiger charge is -2.21. The van der Waals surface area contributed by atoms with Crippen LogP contribution in [0.4, 0.5) is 0 Å². The number of rotatable bonds is 4. The van der Waals surface area contributed by atoms with Crippen LogP contribution in [0, 0.1) is 5.92 Å². The van der Waals surface area contributed by atoms with Crippen molar-refractivity contribution >= 4 is 21.6 Å². The van der Waals surface area contributed by atoms with Crippen LogP contribution in [0.3, 0.4) is 0 Å². The number of imidazole rings is 1. The van der Waals surface area contributed by atoms with E-state index in [-0.39, 0.29) is 10.2 Å². The van der Waals surface area contributed by atoms with Gasteiger partial charge in [0.15, 0.2) is 0 Å². The number of hydrogen-bond acceptors (Lipinski definition) is 3. The van der Waals surface area contributed by atoms with Gasteiger partial charge in [0.2, 0.25) is 5.03 Å². The van der Waals surface area contributed by atoms with Gasteiger partial charge < -0.3 is 4.57 Å². The van der Waals surface area contributed by atoms with Crippen LogP contribution in [0.15, 0.2) is 11.4 Å². The number of aromatic nitrogens is 2. The summed E-state index contributed by atoms with van der Waals surface area (Å²) >= 11 is 5.90. The molecule has 1 fully saturated rings. The van der Waals surface area contributed by atoms with Gasteiger partial charge in [-0.25, -0.2) is 18.1 Å². The summed E-state index contributed by atoms with van der Waals surface area (Å²) in [7, 11) is -1.92. The van der Waals surface area contributed by atoms with Crippen LogP contribution >= 0.6 is 11.6 Å². The Labute approximate surface area is 113 Å². The number of aryl methyl sites for hydroxylation is 1. The van der Waals surface area contributed by atoms with E-state index in [9.17, 15) is 8.42 Å². The minimum Gasteiger partial charge on any atom is -0.324 e. The molecule has 18 heavy (non-hydrogen) atoms. The highest BCUT2D eigenvalue weighted by molar-refractivity contribution is 7.89. The predicted octanol–water partition coefficient (Wildman–Crippen LogP) is 1.93. The van der Waals surface area contributed by atoms with Gasteiger partial charge in [-0.3, -0.25) is 0 Å². The molecule has 0 aromatic carbocycles. The second-order valence-electron chi connectivity index (χ2n) is 4.81. The molecule has 7 heteroatoms. The molecule has 0 bridgehead atoms. The van der Waals surface area contributed by atoms with E-state index in [1.54, 1.807) is 7.05 Å². The molecule has 0 unspecified atom stereocenters.